The van der Waals surface area contributed by atoms with Gasteiger partial charge in [-0.25, -0.2) is 0 Å². The van der Waals surface area contributed by atoms with Gasteiger partial charge in [-0.3, -0.25) is 0 Å². The number of fused-ring (bicyclic) bond motifs is 3. The summed E-state index contributed by atoms with van der Waals surface area (Å²) in [7, 11) is -3.74. The molecule has 0 amide bonds. The van der Waals surface area contributed by atoms with E-state index in [2.05, 4.69) is 22.0 Å². The zero-order valence-electron chi connectivity index (χ0n) is 13.3. The molecular weight excluding hydrogens is 422 g/mol. The molecule has 0 saturated heterocycles. The summed E-state index contributed by atoms with van der Waals surface area (Å²) in [4.78, 5) is 0.171. The van der Waals surface area contributed by atoms with Crippen molar-refractivity contribution in [1.82, 2.24) is 0 Å². The van der Waals surface area contributed by atoms with Crippen LogP contribution in [0.3, 0.4) is 0 Å². The molecule has 2 aliphatic heterocycles. The highest BCUT2D eigenvalue weighted by molar-refractivity contribution is 9.14. The fraction of sp³-hybridized carbons (Fsp3) is 0.167. The molecule has 2 atom stereocenters. The SMILES string of the molecule is C[C@@H]1c2ccccc2C2SC(Br)=CC2=[N+]1S(=O)(=O)c1ccc(O)cc1. The number of hydrogen-bond acceptors (Lipinski definition) is 4. The summed E-state index contributed by atoms with van der Waals surface area (Å²) >= 11 is 5.12. The Hall–Kier alpha value is -1.57. The fourth-order valence-corrected chi connectivity index (χ4v) is 6.95. The third-order valence-electron chi connectivity index (χ3n) is 4.49. The Balaban J connectivity index is 1.96. The quantitative estimate of drug-likeness (QED) is 0.711. The van der Waals surface area contributed by atoms with Gasteiger partial charge in [0.25, 0.3) is 0 Å². The first kappa shape index (κ1) is 16.9. The van der Waals surface area contributed by atoms with E-state index in [-0.39, 0.29) is 21.9 Å². The molecule has 4 nitrogen and oxygen atoms in total. The molecule has 1 unspecified atom stereocenters. The minimum absolute atomic E-state index is 0.0422. The third kappa shape index (κ3) is 2.65. The highest BCUT2D eigenvalue weighted by Gasteiger charge is 2.47. The van der Waals surface area contributed by atoms with Crippen molar-refractivity contribution in [3.63, 3.8) is 0 Å². The van der Waals surface area contributed by atoms with E-state index < -0.39 is 10.0 Å². The molecule has 0 saturated carbocycles. The van der Waals surface area contributed by atoms with Crippen LogP contribution in [0.5, 0.6) is 5.75 Å². The van der Waals surface area contributed by atoms with E-state index in [0.717, 1.165) is 20.7 Å². The van der Waals surface area contributed by atoms with Crippen LogP contribution in [0.25, 0.3) is 0 Å². The van der Waals surface area contributed by atoms with Gasteiger partial charge in [-0.05, 0) is 45.8 Å². The van der Waals surface area contributed by atoms with Crippen molar-refractivity contribution < 1.29 is 17.5 Å². The molecule has 2 aromatic rings. The maximum absolute atomic E-state index is 13.3. The molecule has 0 fully saturated rings. The number of hydrogen-bond donors (Lipinski definition) is 1. The summed E-state index contributed by atoms with van der Waals surface area (Å²) in [6.45, 7) is 1.91. The molecule has 0 aromatic heterocycles. The van der Waals surface area contributed by atoms with Crippen LogP contribution in [0.15, 0.2) is 63.3 Å². The summed E-state index contributed by atoms with van der Waals surface area (Å²) in [6, 6.07) is 13.3. The number of phenols is 1. The monoisotopic (exact) mass is 436 g/mol. The standard InChI is InChI=1S/C18H14BrNO3S2/c1-11-14-4-2-3-5-15(14)18-16(10-17(19)24-18)20(11)25(22,23)13-8-6-12(21)7-9-13/h2-11,18H,1H3/p+1/t11-,18?/m1/s1. The molecule has 0 bridgehead atoms. The van der Waals surface area contributed by atoms with Crippen LogP contribution in [0.1, 0.15) is 29.3 Å². The highest BCUT2D eigenvalue weighted by Crippen LogP contribution is 2.50. The van der Waals surface area contributed by atoms with E-state index in [1.54, 1.807) is 11.8 Å². The van der Waals surface area contributed by atoms with Gasteiger partial charge in [0.15, 0.2) is 6.04 Å². The van der Waals surface area contributed by atoms with E-state index >= 15 is 0 Å². The predicted octanol–water partition coefficient (Wildman–Crippen LogP) is 4.33. The van der Waals surface area contributed by atoms with Gasteiger partial charge < -0.3 is 5.11 Å². The third-order valence-corrected chi connectivity index (χ3v) is 8.27. The second kappa shape index (κ2) is 6.00. The molecule has 128 valence electrons. The number of aromatic hydroxyl groups is 1. The summed E-state index contributed by atoms with van der Waals surface area (Å²) in [5.74, 6) is 0.0422. The summed E-state index contributed by atoms with van der Waals surface area (Å²) in [6.07, 6.45) is 1.89. The fourth-order valence-electron chi connectivity index (χ4n) is 3.36. The van der Waals surface area contributed by atoms with E-state index in [1.165, 1.54) is 28.2 Å². The van der Waals surface area contributed by atoms with Crippen LogP contribution in [-0.4, -0.2) is 23.2 Å². The number of phenolic OH excluding ortho intramolecular Hbond substituents is 1. The zero-order chi connectivity index (χ0) is 17.8. The van der Waals surface area contributed by atoms with Gasteiger partial charge in [0.05, 0.1) is 3.81 Å². The Morgan fingerprint density at radius 1 is 1.08 bits per heavy atom. The highest BCUT2D eigenvalue weighted by atomic mass is 79.9. The number of allylic oxidation sites excluding steroid dienone is 1. The predicted molar refractivity (Wildman–Crippen MR) is 103 cm³/mol. The van der Waals surface area contributed by atoms with Gasteiger partial charge in [0.2, 0.25) is 5.71 Å². The van der Waals surface area contributed by atoms with Crippen molar-refractivity contribution in [3.05, 3.63) is 69.5 Å². The molecule has 2 heterocycles. The first-order chi connectivity index (χ1) is 11.9. The van der Waals surface area contributed by atoms with Gasteiger partial charge >= 0.3 is 10.0 Å². The molecule has 0 spiro atoms. The van der Waals surface area contributed by atoms with Crippen molar-refractivity contribution in [2.24, 2.45) is 0 Å². The van der Waals surface area contributed by atoms with E-state index in [0.29, 0.717) is 0 Å². The summed E-state index contributed by atoms with van der Waals surface area (Å²) in [5, 5.41) is 9.42. The number of rotatable bonds is 2. The van der Waals surface area contributed by atoms with Gasteiger partial charge in [0, 0.05) is 18.6 Å². The lowest BCUT2D eigenvalue weighted by atomic mass is 9.94. The van der Waals surface area contributed by atoms with Crippen LogP contribution >= 0.6 is 27.7 Å². The zero-order valence-corrected chi connectivity index (χ0v) is 16.5. The Labute approximate surface area is 159 Å². The number of nitrogens with zero attached hydrogens (tertiary/aromatic N) is 1. The lowest BCUT2D eigenvalue weighted by Crippen LogP contribution is -2.35. The topological polar surface area (TPSA) is 57.4 Å². The maximum Gasteiger partial charge on any atom is 0.395 e. The Kier molecular flexibility index (Phi) is 4.05. The van der Waals surface area contributed by atoms with Crippen molar-refractivity contribution in [1.29, 1.82) is 0 Å². The van der Waals surface area contributed by atoms with Crippen molar-refractivity contribution in [2.45, 2.75) is 23.1 Å². The molecule has 0 radical (unpaired) electrons. The summed E-state index contributed by atoms with van der Waals surface area (Å²) in [5.41, 5.74) is 2.93. The minimum Gasteiger partial charge on any atom is -0.508 e. The number of halogens is 1. The van der Waals surface area contributed by atoms with Crippen molar-refractivity contribution in [3.8, 4) is 5.75 Å². The molecule has 2 aromatic carbocycles. The van der Waals surface area contributed by atoms with E-state index in [9.17, 15) is 13.5 Å². The van der Waals surface area contributed by atoms with Gasteiger partial charge in [-0.15, -0.1) is 3.98 Å². The second-order valence-corrected chi connectivity index (χ2v) is 10.3. The van der Waals surface area contributed by atoms with Gasteiger partial charge in [-0.1, -0.05) is 36.0 Å². The first-order valence-corrected chi connectivity index (χ1v) is 10.8. The Bertz CT molecular complexity index is 1030. The number of sulfonamides is 1. The van der Waals surface area contributed by atoms with Crippen LogP contribution in [0.4, 0.5) is 0 Å². The average molecular weight is 437 g/mol. The van der Waals surface area contributed by atoms with E-state index in [1.807, 2.05) is 31.2 Å². The smallest absolute Gasteiger partial charge is 0.395 e. The maximum atomic E-state index is 13.3. The lowest BCUT2D eigenvalue weighted by Gasteiger charge is -2.25. The molecule has 2 aliphatic rings. The molecule has 7 heteroatoms. The van der Waals surface area contributed by atoms with E-state index in [4.69, 9.17) is 0 Å². The molecule has 4 rings (SSSR count). The number of thioether (sulfide) groups is 1. The van der Waals surface area contributed by atoms with Crippen LogP contribution in [0, 0.1) is 0 Å². The van der Waals surface area contributed by atoms with Gasteiger partial charge in [-0.2, -0.15) is 8.42 Å². The van der Waals surface area contributed by atoms with Gasteiger partial charge in [0.1, 0.15) is 15.9 Å². The Morgan fingerprint density at radius 3 is 2.40 bits per heavy atom. The second-order valence-electron chi connectivity index (χ2n) is 5.97. The normalized spacial score (nSPS) is 22.4. The van der Waals surface area contributed by atoms with Crippen molar-refractivity contribution >= 4 is 43.4 Å². The molecule has 1 N–H and O–H groups in total. The van der Waals surface area contributed by atoms with Crippen LogP contribution in [0.2, 0.25) is 0 Å². The molecule has 0 aliphatic carbocycles. The number of benzene rings is 2. The lowest BCUT2D eigenvalue weighted by molar-refractivity contribution is -0.419. The average Bonchev–Trinajstić information content (AvgIpc) is 2.96. The van der Waals surface area contributed by atoms with Crippen LogP contribution < -0.4 is 0 Å². The molecular formula is C18H15BrNO3S2+. The first-order valence-electron chi connectivity index (χ1n) is 7.72. The summed E-state index contributed by atoms with van der Waals surface area (Å²) < 4.78 is 29.1. The molecule has 25 heavy (non-hydrogen) atoms. The van der Waals surface area contributed by atoms with Crippen LogP contribution in [-0.2, 0) is 10.0 Å². The largest absolute Gasteiger partial charge is 0.508 e. The minimum atomic E-state index is -3.74. The Morgan fingerprint density at radius 2 is 1.72 bits per heavy atom. The van der Waals surface area contributed by atoms with Crippen molar-refractivity contribution in [2.75, 3.05) is 0 Å².